The summed E-state index contributed by atoms with van der Waals surface area (Å²) in [5.41, 5.74) is 2.08. The molecule has 5 nitrogen and oxygen atoms in total. The van der Waals surface area contributed by atoms with Crippen LogP contribution >= 0.6 is 0 Å². The van der Waals surface area contributed by atoms with Crippen LogP contribution in [0.1, 0.15) is 30.7 Å². The largest absolute Gasteiger partial charge is 0.341 e. The van der Waals surface area contributed by atoms with E-state index in [2.05, 4.69) is 24.0 Å². The van der Waals surface area contributed by atoms with E-state index in [4.69, 9.17) is 0 Å². The molecule has 1 aliphatic heterocycles. The Labute approximate surface area is 121 Å². The van der Waals surface area contributed by atoms with Crippen LogP contribution in [-0.2, 0) is 11.3 Å². The van der Waals surface area contributed by atoms with Crippen molar-refractivity contribution in [3.8, 4) is 0 Å². The van der Waals surface area contributed by atoms with Gasteiger partial charge < -0.3 is 14.4 Å². The van der Waals surface area contributed by atoms with Crippen molar-refractivity contribution in [1.29, 1.82) is 0 Å². The highest BCUT2D eigenvalue weighted by Gasteiger charge is 2.22. The Hall–Kier alpha value is -1.36. The van der Waals surface area contributed by atoms with Crippen LogP contribution in [0.5, 0.6) is 0 Å². The lowest BCUT2D eigenvalue weighted by Crippen LogP contribution is -2.36. The second-order valence-corrected chi connectivity index (χ2v) is 5.97. The summed E-state index contributed by atoms with van der Waals surface area (Å²) in [5.74, 6) is 0.213. The van der Waals surface area contributed by atoms with Gasteiger partial charge in [0, 0.05) is 24.8 Å². The molecule has 1 aromatic heterocycles. The van der Waals surface area contributed by atoms with Gasteiger partial charge in [-0.05, 0) is 47.2 Å². The molecule has 0 aliphatic carbocycles. The number of imidazole rings is 1. The first-order chi connectivity index (χ1) is 9.49. The molecule has 1 fully saturated rings. The summed E-state index contributed by atoms with van der Waals surface area (Å²) in [6.45, 7) is 6.16. The Morgan fingerprint density at radius 3 is 2.70 bits per heavy atom. The summed E-state index contributed by atoms with van der Waals surface area (Å²) in [5, 5.41) is 0. The van der Waals surface area contributed by atoms with E-state index in [1.165, 1.54) is 6.42 Å². The molecule has 0 N–H and O–H groups in total. The van der Waals surface area contributed by atoms with Crippen molar-refractivity contribution in [2.75, 3.05) is 27.2 Å². The summed E-state index contributed by atoms with van der Waals surface area (Å²) in [7, 11) is 4.25. The molecule has 1 atom stereocenters. The molecule has 0 bridgehead atoms. The molecule has 2 rings (SSSR count). The van der Waals surface area contributed by atoms with Gasteiger partial charge in [-0.2, -0.15) is 0 Å². The number of carbonyl (C=O) groups excluding carboxylic acids is 1. The third-order valence-corrected chi connectivity index (χ3v) is 4.43. The molecule has 112 valence electrons. The second kappa shape index (κ2) is 6.39. The molecule has 0 aromatic carbocycles. The zero-order valence-corrected chi connectivity index (χ0v) is 13.1. The minimum Gasteiger partial charge on any atom is -0.341 e. The number of aromatic nitrogens is 2. The van der Waals surface area contributed by atoms with Gasteiger partial charge in [0.1, 0.15) is 6.54 Å². The molecule has 20 heavy (non-hydrogen) atoms. The van der Waals surface area contributed by atoms with E-state index in [1.807, 2.05) is 23.3 Å². The standard InChI is InChI=1S/C15H26N4O/c1-12-13(2)19(11-16-12)10-15(20)18-8-5-6-14(7-9-18)17(3)4/h11,14H,5-10H2,1-4H3/t14-/m0/s1. The number of hydrogen-bond donors (Lipinski definition) is 0. The summed E-state index contributed by atoms with van der Waals surface area (Å²) in [4.78, 5) is 21.0. The van der Waals surface area contributed by atoms with E-state index in [1.54, 1.807) is 6.33 Å². The van der Waals surface area contributed by atoms with Crippen LogP contribution < -0.4 is 0 Å². The molecule has 2 heterocycles. The Kier molecular flexibility index (Phi) is 4.81. The van der Waals surface area contributed by atoms with Crippen molar-refractivity contribution in [1.82, 2.24) is 19.4 Å². The van der Waals surface area contributed by atoms with Crippen LogP contribution in [-0.4, -0.2) is 58.5 Å². The predicted molar refractivity (Wildman–Crippen MR) is 79.6 cm³/mol. The number of hydrogen-bond acceptors (Lipinski definition) is 3. The van der Waals surface area contributed by atoms with Crippen LogP contribution in [0.25, 0.3) is 0 Å². The first-order valence-electron chi connectivity index (χ1n) is 7.41. The molecule has 5 heteroatoms. The van der Waals surface area contributed by atoms with Gasteiger partial charge in [-0.1, -0.05) is 0 Å². The number of carbonyl (C=O) groups is 1. The minimum absolute atomic E-state index is 0.213. The average molecular weight is 278 g/mol. The fraction of sp³-hybridized carbons (Fsp3) is 0.733. The zero-order valence-electron chi connectivity index (χ0n) is 13.1. The van der Waals surface area contributed by atoms with Crippen molar-refractivity contribution < 1.29 is 4.79 Å². The molecular weight excluding hydrogens is 252 g/mol. The lowest BCUT2D eigenvalue weighted by atomic mass is 10.1. The van der Waals surface area contributed by atoms with Gasteiger partial charge in [-0.25, -0.2) is 4.98 Å². The maximum atomic E-state index is 12.4. The first kappa shape index (κ1) is 15.0. The van der Waals surface area contributed by atoms with Gasteiger partial charge in [0.25, 0.3) is 0 Å². The monoisotopic (exact) mass is 278 g/mol. The molecule has 0 spiro atoms. The summed E-state index contributed by atoms with van der Waals surface area (Å²) in [6.07, 6.45) is 5.11. The lowest BCUT2D eigenvalue weighted by Gasteiger charge is -2.23. The summed E-state index contributed by atoms with van der Waals surface area (Å²) < 4.78 is 1.95. The molecular formula is C15H26N4O. The Morgan fingerprint density at radius 2 is 2.10 bits per heavy atom. The van der Waals surface area contributed by atoms with E-state index in [0.717, 1.165) is 37.3 Å². The van der Waals surface area contributed by atoms with Crippen LogP contribution in [0.4, 0.5) is 0 Å². The van der Waals surface area contributed by atoms with Crippen molar-refractivity contribution in [3.63, 3.8) is 0 Å². The van der Waals surface area contributed by atoms with Crippen LogP contribution in [0, 0.1) is 13.8 Å². The minimum atomic E-state index is 0.213. The topological polar surface area (TPSA) is 41.4 Å². The first-order valence-corrected chi connectivity index (χ1v) is 7.41. The highest BCUT2D eigenvalue weighted by atomic mass is 16.2. The number of nitrogens with zero attached hydrogens (tertiary/aromatic N) is 4. The molecule has 0 radical (unpaired) electrons. The van der Waals surface area contributed by atoms with Gasteiger partial charge in [0.05, 0.1) is 12.0 Å². The van der Waals surface area contributed by atoms with Gasteiger partial charge in [-0.15, -0.1) is 0 Å². The van der Waals surface area contributed by atoms with E-state index in [-0.39, 0.29) is 5.91 Å². The van der Waals surface area contributed by atoms with Gasteiger partial charge in [0.15, 0.2) is 0 Å². The zero-order chi connectivity index (χ0) is 14.7. The molecule has 1 aliphatic rings. The number of amides is 1. The number of likely N-dealkylation sites (tertiary alicyclic amines) is 1. The number of aryl methyl sites for hydroxylation is 1. The lowest BCUT2D eigenvalue weighted by molar-refractivity contribution is -0.131. The average Bonchev–Trinajstić information content (AvgIpc) is 2.64. The van der Waals surface area contributed by atoms with Crippen LogP contribution in [0.15, 0.2) is 6.33 Å². The van der Waals surface area contributed by atoms with Crippen molar-refractivity contribution in [2.24, 2.45) is 0 Å². The van der Waals surface area contributed by atoms with E-state index in [0.29, 0.717) is 12.6 Å². The molecule has 1 saturated heterocycles. The second-order valence-electron chi connectivity index (χ2n) is 5.97. The quantitative estimate of drug-likeness (QED) is 0.840. The SMILES string of the molecule is Cc1ncn(CC(=O)N2CCC[C@H](N(C)C)CC2)c1C. The molecule has 0 unspecified atom stereocenters. The smallest absolute Gasteiger partial charge is 0.242 e. The Bertz CT molecular complexity index is 466. The highest BCUT2D eigenvalue weighted by Crippen LogP contribution is 2.15. The normalized spacial score (nSPS) is 20.2. The fourth-order valence-electron chi connectivity index (χ4n) is 2.79. The Morgan fingerprint density at radius 1 is 1.35 bits per heavy atom. The van der Waals surface area contributed by atoms with Crippen LogP contribution in [0.2, 0.25) is 0 Å². The van der Waals surface area contributed by atoms with Gasteiger partial charge in [0.2, 0.25) is 5.91 Å². The third kappa shape index (κ3) is 3.39. The highest BCUT2D eigenvalue weighted by molar-refractivity contribution is 5.76. The predicted octanol–water partition coefficient (Wildman–Crippen LogP) is 1.44. The van der Waals surface area contributed by atoms with Crippen LogP contribution in [0.3, 0.4) is 0 Å². The van der Waals surface area contributed by atoms with Gasteiger partial charge in [-0.3, -0.25) is 4.79 Å². The van der Waals surface area contributed by atoms with E-state index < -0.39 is 0 Å². The number of rotatable bonds is 3. The molecule has 1 aromatic rings. The van der Waals surface area contributed by atoms with E-state index in [9.17, 15) is 4.79 Å². The maximum absolute atomic E-state index is 12.4. The molecule has 0 saturated carbocycles. The van der Waals surface area contributed by atoms with Crippen molar-refractivity contribution in [2.45, 2.75) is 45.7 Å². The fourth-order valence-corrected chi connectivity index (χ4v) is 2.79. The van der Waals surface area contributed by atoms with E-state index >= 15 is 0 Å². The Balaban J connectivity index is 1.94. The maximum Gasteiger partial charge on any atom is 0.242 e. The summed E-state index contributed by atoms with van der Waals surface area (Å²) >= 11 is 0. The van der Waals surface area contributed by atoms with Gasteiger partial charge >= 0.3 is 0 Å². The van der Waals surface area contributed by atoms with Crippen molar-refractivity contribution in [3.05, 3.63) is 17.7 Å². The molecule has 1 amide bonds. The third-order valence-electron chi connectivity index (χ3n) is 4.43. The van der Waals surface area contributed by atoms with Crippen molar-refractivity contribution >= 4 is 5.91 Å². The summed E-state index contributed by atoms with van der Waals surface area (Å²) in [6, 6.07) is 0.602.